The van der Waals surface area contributed by atoms with E-state index in [9.17, 15) is 4.79 Å². The Kier molecular flexibility index (Phi) is 13.2. The topological polar surface area (TPSA) is 89.7 Å². The van der Waals surface area contributed by atoms with Crippen molar-refractivity contribution >= 4 is 22.6 Å². The summed E-state index contributed by atoms with van der Waals surface area (Å²) in [5.41, 5.74) is 11.1. The zero-order valence-electron chi connectivity index (χ0n) is 28.3. The summed E-state index contributed by atoms with van der Waals surface area (Å²) in [7, 11) is 1.90. The first-order valence-corrected chi connectivity index (χ1v) is 16.6. The van der Waals surface area contributed by atoms with Gasteiger partial charge in [0.05, 0.1) is 11.1 Å². The molecule has 6 rings (SSSR count). The van der Waals surface area contributed by atoms with Crippen LogP contribution in [0.4, 0.5) is 5.82 Å². The second-order valence-electron chi connectivity index (χ2n) is 11.3. The summed E-state index contributed by atoms with van der Waals surface area (Å²) in [5.74, 6) is 2.17. The number of ether oxygens (including phenoxy) is 2. The van der Waals surface area contributed by atoms with Gasteiger partial charge in [0.2, 0.25) is 6.79 Å². The molecule has 0 bridgehead atoms. The minimum absolute atomic E-state index is 0.00148. The third-order valence-corrected chi connectivity index (χ3v) is 8.10. The van der Waals surface area contributed by atoms with Crippen LogP contribution in [0, 0.1) is 0 Å². The number of nitrogens with two attached hydrogens (primary N) is 1. The molecular weight excluding hydrogens is 584 g/mol. The van der Waals surface area contributed by atoms with Gasteiger partial charge in [-0.05, 0) is 65.9 Å². The maximum atomic E-state index is 13.8. The molecule has 0 saturated heterocycles. The summed E-state index contributed by atoms with van der Waals surface area (Å²) in [6.45, 7) is 9.79. The van der Waals surface area contributed by atoms with Gasteiger partial charge in [0.25, 0.3) is 5.91 Å². The van der Waals surface area contributed by atoms with Crippen LogP contribution in [0.3, 0.4) is 0 Å². The van der Waals surface area contributed by atoms with Gasteiger partial charge in [0.1, 0.15) is 5.82 Å². The molecule has 0 fully saturated rings. The van der Waals surface area contributed by atoms with E-state index in [0.717, 1.165) is 58.4 Å². The summed E-state index contributed by atoms with van der Waals surface area (Å²) in [5, 5.41) is 4.25. The van der Waals surface area contributed by atoms with Crippen LogP contribution >= 0.6 is 0 Å². The van der Waals surface area contributed by atoms with E-state index in [4.69, 9.17) is 20.2 Å². The average Bonchev–Trinajstić information content (AvgIpc) is 3.62. The third kappa shape index (κ3) is 9.33. The van der Waals surface area contributed by atoms with E-state index in [2.05, 4.69) is 37.4 Å². The van der Waals surface area contributed by atoms with Crippen LogP contribution < -0.4 is 20.5 Å². The highest BCUT2D eigenvalue weighted by molar-refractivity contribution is 6.08. The molecule has 1 atom stereocenters. The lowest BCUT2D eigenvalue weighted by molar-refractivity contribution is 0.0737. The van der Waals surface area contributed by atoms with Gasteiger partial charge in [-0.25, -0.2) is 4.98 Å². The first-order valence-electron chi connectivity index (χ1n) is 16.6. The molecule has 2 heterocycles. The Morgan fingerprint density at radius 1 is 0.872 bits per heavy atom. The molecule has 7 heteroatoms. The zero-order valence-corrected chi connectivity index (χ0v) is 28.3. The predicted octanol–water partition coefficient (Wildman–Crippen LogP) is 9.06. The van der Waals surface area contributed by atoms with Crippen molar-refractivity contribution in [3.8, 4) is 22.6 Å². The summed E-state index contributed by atoms with van der Waals surface area (Å²) in [6.07, 6.45) is 3.17. The molecular formula is C40H48N4O3. The molecule has 0 radical (unpaired) electrons. The van der Waals surface area contributed by atoms with E-state index in [1.54, 1.807) is 0 Å². The van der Waals surface area contributed by atoms with Gasteiger partial charge in [0.15, 0.2) is 11.5 Å². The van der Waals surface area contributed by atoms with Crippen molar-refractivity contribution in [1.82, 2.24) is 9.88 Å². The van der Waals surface area contributed by atoms with Crippen molar-refractivity contribution in [2.75, 3.05) is 19.2 Å². The largest absolute Gasteiger partial charge is 0.454 e. The standard InChI is InChI=1S/C31H33N3O3.C7H9N.C2H6/c1-4-5-9-21(2)34(3)31(35)26-18-30(32-19-22-10-7-6-8-11-22)33-27-14-12-23(16-25(26)27)24-13-15-28-29(17-24)37-20-36-28;8-6-7-4-2-1-3-5-7;1-2/h6-8,10-18,21H,4-5,9,19-20H2,1-3H3,(H,32,33);1-5H,6,8H2;1-2H3/t21-;;/m1../s1. The second-order valence-corrected chi connectivity index (χ2v) is 11.3. The minimum atomic E-state index is 0.00148. The number of rotatable bonds is 10. The molecule has 1 aromatic heterocycles. The monoisotopic (exact) mass is 632 g/mol. The Morgan fingerprint density at radius 3 is 2.17 bits per heavy atom. The summed E-state index contributed by atoms with van der Waals surface area (Å²) >= 11 is 0. The first kappa shape index (κ1) is 35.0. The molecule has 47 heavy (non-hydrogen) atoms. The lowest BCUT2D eigenvalue weighted by Gasteiger charge is -2.26. The number of hydrogen-bond donors (Lipinski definition) is 2. The number of hydrogen-bond acceptors (Lipinski definition) is 6. The minimum Gasteiger partial charge on any atom is -0.454 e. The number of aromatic nitrogens is 1. The number of carbonyl (C=O) groups excluding carboxylic acids is 1. The molecule has 0 unspecified atom stereocenters. The lowest BCUT2D eigenvalue weighted by atomic mass is 9.99. The second kappa shape index (κ2) is 17.7. The molecule has 0 spiro atoms. The van der Waals surface area contributed by atoms with Crippen molar-refractivity contribution in [1.29, 1.82) is 0 Å². The molecule has 4 aromatic carbocycles. The molecule has 3 N–H and O–H groups in total. The van der Waals surface area contributed by atoms with Crippen LogP contribution in [0.25, 0.3) is 22.0 Å². The molecule has 0 saturated carbocycles. The molecule has 5 aromatic rings. The van der Waals surface area contributed by atoms with Crippen LogP contribution in [-0.2, 0) is 13.1 Å². The fraction of sp³-hybridized carbons (Fsp3) is 0.300. The maximum absolute atomic E-state index is 13.8. The van der Waals surface area contributed by atoms with Gasteiger partial charge >= 0.3 is 0 Å². The van der Waals surface area contributed by atoms with Crippen molar-refractivity contribution in [2.45, 2.75) is 66.1 Å². The molecule has 0 aliphatic carbocycles. The van der Waals surface area contributed by atoms with Crippen LogP contribution in [0.2, 0.25) is 0 Å². The van der Waals surface area contributed by atoms with Crippen LogP contribution in [0.1, 0.15) is 68.4 Å². The van der Waals surface area contributed by atoms with Crippen LogP contribution in [0.5, 0.6) is 11.5 Å². The van der Waals surface area contributed by atoms with Gasteiger partial charge in [-0.3, -0.25) is 4.79 Å². The Bertz CT molecular complexity index is 1710. The number of carbonyl (C=O) groups is 1. The van der Waals surface area contributed by atoms with E-state index in [1.165, 1.54) is 5.56 Å². The number of fused-ring (bicyclic) bond motifs is 2. The fourth-order valence-electron chi connectivity index (χ4n) is 5.23. The SMILES string of the molecule is CC.CCCC[C@@H](C)N(C)C(=O)c1cc(NCc2ccccc2)nc2ccc(-c3ccc4c(c3)OCO4)cc12.NCc1ccccc1. The quantitative estimate of drug-likeness (QED) is 0.160. The number of pyridine rings is 1. The Balaban J connectivity index is 0.000000433. The van der Waals surface area contributed by atoms with E-state index >= 15 is 0 Å². The van der Waals surface area contributed by atoms with E-state index < -0.39 is 0 Å². The van der Waals surface area contributed by atoms with Gasteiger partial charge < -0.3 is 25.4 Å². The molecule has 1 aliphatic heterocycles. The third-order valence-electron chi connectivity index (χ3n) is 8.10. The smallest absolute Gasteiger partial charge is 0.254 e. The molecule has 1 amide bonds. The Labute approximate surface area is 279 Å². The number of benzene rings is 4. The average molecular weight is 633 g/mol. The summed E-state index contributed by atoms with van der Waals surface area (Å²) in [6, 6.07) is 34.2. The Morgan fingerprint density at radius 2 is 1.51 bits per heavy atom. The fourth-order valence-corrected chi connectivity index (χ4v) is 5.23. The molecule has 246 valence electrons. The van der Waals surface area contributed by atoms with Gasteiger partial charge in [-0.1, -0.05) is 106 Å². The number of nitrogens with zero attached hydrogens (tertiary/aromatic N) is 2. The predicted molar refractivity (Wildman–Crippen MR) is 194 cm³/mol. The van der Waals surface area contributed by atoms with Crippen molar-refractivity contribution in [3.05, 3.63) is 120 Å². The van der Waals surface area contributed by atoms with Gasteiger partial charge in [-0.2, -0.15) is 0 Å². The Hall–Kier alpha value is -4.88. The number of anilines is 1. The highest BCUT2D eigenvalue weighted by Gasteiger charge is 2.22. The van der Waals surface area contributed by atoms with Gasteiger partial charge in [-0.15, -0.1) is 0 Å². The zero-order chi connectivity index (χ0) is 33.6. The van der Waals surface area contributed by atoms with E-state index in [0.29, 0.717) is 24.5 Å². The first-order chi connectivity index (χ1) is 23.0. The highest BCUT2D eigenvalue weighted by atomic mass is 16.7. The number of nitrogens with one attached hydrogen (secondary N) is 1. The lowest BCUT2D eigenvalue weighted by Crippen LogP contribution is -2.35. The maximum Gasteiger partial charge on any atom is 0.254 e. The summed E-state index contributed by atoms with van der Waals surface area (Å²) in [4.78, 5) is 20.5. The highest BCUT2D eigenvalue weighted by Crippen LogP contribution is 2.37. The normalized spacial score (nSPS) is 11.9. The van der Waals surface area contributed by atoms with Crippen molar-refractivity contribution in [3.63, 3.8) is 0 Å². The van der Waals surface area contributed by atoms with Crippen molar-refractivity contribution in [2.24, 2.45) is 5.73 Å². The van der Waals surface area contributed by atoms with E-state index in [-0.39, 0.29) is 18.7 Å². The molecule has 1 aliphatic rings. The van der Waals surface area contributed by atoms with E-state index in [1.807, 2.05) is 111 Å². The van der Waals surface area contributed by atoms with Crippen LogP contribution in [0.15, 0.2) is 103 Å². The molecule has 7 nitrogen and oxygen atoms in total. The number of amides is 1. The van der Waals surface area contributed by atoms with Crippen LogP contribution in [-0.4, -0.2) is 35.7 Å². The summed E-state index contributed by atoms with van der Waals surface area (Å²) < 4.78 is 11.0. The van der Waals surface area contributed by atoms with Gasteiger partial charge in [0, 0.05) is 31.6 Å². The van der Waals surface area contributed by atoms with Crippen molar-refractivity contribution < 1.29 is 14.3 Å². The number of unbranched alkanes of at least 4 members (excludes halogenated alkanes) is 1.